The van der Waals surface area contributed by atoms with Gasteiger partial charge in [0.05, 0.1) is 6.61 Å². The van der Waals surface area contributed by atoms with Gasteiger partial charge in [0.2, 0.25) is 6.29 Å². The second-order valence-corrected chi connectivity index (χ2v) is 10.5. The molecular formula is C34H37N3O8. The van der Waals surface area contributed by atoms with Crippen LogP contribution in [0.25, 0.3) is 11.1 Å². The van der Waals surface area contributed by atoms with E-state index in [4.69, 9.17) is 19.6 Å². The Morgan fingerprint density at radius 2 is 1.44 bits per heavy atom. The van der Waals surface area contributed by atoms with E-state index >= 15 is 0 Å². The molecule has 0 aliphatic carbocycles. The van der Waals surface area contributed by atoms with Crippen LogP contribution in [0.3, 0.4) is 0 Å². The average Bonchev–Trinajstić information content (AvgIpc) is 3.04. The first-order valence-corrected chi connectivity index (χ1v) is 14.8. The lowest BCUT2D eigenvalue weighted by atomic mass is 9.93. The van der Waals surface area contributed by atoms with Crippen molar-refractivity contribution >= 4 is 30.0 Å². The summed E-state index contributed by atoms with van der Waals surface area (Å²) in [5.74, 6) is -0.542. The third kappa shape index (κ3) is 9.92. The minimum atomic E-state index is -1.04. The Morgan fingerprint density at radius 3 is 2.04 bits per heavy atom. The molecule has 0 bridgehead atoms. The molecule has 3 aromatic rings. The van der Waals surface area contributed by atoms with Crippen LogP contribution in [0.5, 0.6) is 0 Å². The normalized spacial score (nSPS) is 13.7. The molecule has 236 valence electrons. The zero-order valence-electron chi connectivity index (χ0n) is 25.3. The third-order valence-electron chi connectivity index (χ3n) is 7.26. The van der Waals surface area contributed by atoms with Crippen LogP contribution in [-0.2, 0) is 30.3 Å². The van der Waals surface area contributed by atoms with Crippen LogP contribution in [0, 0.1) is 11.3 Å². The van der Waals surface area contributed by atoms with Crippen molar-refractivity contribution in [3.05, 3.63) is 95.6 Å². The van der Waals surface area contributed by atoms with Gasteiger partial charge in [-0.05, 0) is 54.5 Å². The molecule has 2 amide bonds. The molecule has 0 radical (unpaired) electrons. The van der Waals surface area contributed by atoms with Crippen molar-refractivity contribution in [3.8, 4) is 11.1 Å². The van der Waals surface area contributed by atoms with Crippen LogP contribution >= 0.6 is 0 Å². The van der Waals surface area contributed by atoms with Gasteiger partial charge in [-0.3, -0.25) is 20.3 Å². The number of amidine groups is 1. The molecule has 1 saturated heterocycles. The number of carbonyl (C=O) groups is 4. The van der Waals surface area contributed by atoms with Crippen LogP contribution in [-0.4, -0.2) is 60.8 Å². The molecule has 1 atom stereocenters. The van der Waals surface area contributed by atoms with E-state index in [1.165, 1.54) is 6.92 Å². The van der Waals surface area contributed by atoms with Crippen molar-refractivity contribution in [1.29, 1.82) is 5.41 Å². The van der Waals surface area contributed by atoms with E-state index in [-0.39, 0.29) is 37.3 Å². The number of alkyl carbamates (subject to hydrolysis) is 1. The lowest BCUT2D eigenvalue weighted by Crippen LogP contribution is -2.39. The van der Waals surface area contributed by atoms with Crippen LogP contribution < -0.4 is 5.32 Å². The molecular weight excluding hydrogens is 578 g/mol. The summed E-state index contributed by atoms with van der Waals surface area (Å²) in [6.07, 6.45) is -1.13. The number of hydrogen-bond donors (Lipinski definition) is 2. The second kappa shape index (κ2) is 16.0. The molecule has 1 heterocycles. The predicted molar refractivity (Wildman–Crippen MR) is 165 cm³/mol. The quantitative estimate of drug-likeness (QED) is 0.0942. The zero-order chi connectivity index (χ0) is 32.2. The van der Waals surface area contributed by atoms with Crippen molar-refractivity contribution in [2.75, 3.05) is 19.7 Å². The smallest absolute Gasteiger partial charge is 0.444 e. The molecule has 0 saturated carbocycles. The maximum Gasteiger partial charge on any atom is 0.511 e. The number of amides is 2. The maximum absolute atomic E-state index is 13.1. The highest BCUT2D eigenvalue weighted by atomic mass is 16.8. The van der Waals surface area contributed by atoms with Gasteiger partial charge in [0.1, 0.15) is 12.4 Å². The van der Waals surface area contributed by atoms with Crippen molar-refractivity contribution in [2.45, 2.75) is 46.0 Å². The minimum absolute atomic E-state index is 0.0679. The van der Waals surface area contributed by atoms with Crippen molar-refractivity contribution in [1.82, 2.24) is 10.2 Å². The van der Waals surface area contributed by atoms with Crippen molar-refractivity contribution in [2.24, 2.45) is 5.92 Å². The Morgan fingerprint density at radius 1 is 0.844 bits per heavy atom. The second-order valence-electron chi connectivity index (χ2n) is 10.5. The number of nitrogens with zero attached hydrogens (tertiary/aromatic N) is 1. The topological polar surface area (TPSA) is 144 Å². The fourth-order valence-electron chi connectivity index (χ4n) is 4.87. The van der Waals surface area contributed by atoms with Gasteiger partial charge >= 0.3 is 18.2 Å². The molecule has 11 heteroatoms. The minimum Gasteiger partial charge on any atom is -0.444 e. The van der Waals surface area contributed by atoms with Gasteiger partial charge in [-0.2, -0.15) is 0 Å². The van der Waals surface area contributed by atoms with E-state index in [0.717, 1.165) is 16.7 Å². The van der Waals surface area contributed by atoms with E-state index in [2.05, 4.69) is 10.1 Å². The Hall–Kier alpha value is -5.19. The van der Waals surface area contributed by atoms with Gasteiger partial charge in [0, 0.05) is 37.6 Å². The van der Waals surface area contributed by atoms with Crippen molar-refractivity contribution < 1.29 is 38.1 Å². The zero-order valence-corrected chi connectivity index (χ0v) is 25.3. The molecule has 4 rings (SSSR count). The van der Waals surface area contributed by atoms with Gasteiger partial charge < -0.3 is 23.8 Å². The number of benzene rings is 3. The van der Waals surface area contributed by atoms with Crippen LogP contribution in [0.1, 0.15) is 54.6 Å². The average molecular weight is 616 g/mol. The highest BCUT2D eigenvalue weighted by Gasteiger charge is 2.26. The van der Waals surface area contributed by atoms with Crippen LogP contribution in [0.2, 0.25) is 0 Å². The lowest BCUT2D eigenvalue weighted by Gasteiger charge is -2.31. The summed E-state index contributed by atoms with van der Waals surface area (Å²) < 4.78 is 19.8. The van der Waals surface area contributed by atoms with E-state index < -0.39 is 24.5 Å². The van der Waals surface area contributed by atoms with Gasteiger partial charge in [-0.25, -0.2) is 9.59 Å². The van der Waals surface area contributed by atoms with Gasteiger partial charge in [-0.15, -0.1) is 0 Å². The first-order valence-electron chi connectivity index (χ1n) is 14.8. The summed E-state index contributed by atoms with van der Waals surface area (Å²) in [6, 6.07) is 23.8. The Bertz CT molecular complexity index is 1470. The summed E-state index contributed by atoms with van der Waals surface area (Å²) in [4.78, 5) is 50.6. The lowest BCUT2D eigenvalue weighted by molar-refractivity contribution is -0.169. The van der Waals surface area contributed by atoms with Crippen LogP contribution in [0.15, 0.2) is 78.9 Å². The first kappa shape index (κ1) is 32.7. The third-order valence-corrected chi connectivity index (χ3v) is 7.26. The highest BCUT2D eigenvalue weighted by molar-refractivity contribution is 6.04. The fourth-order valence-corrected chi connectivity index (χ4v) is 4.87. The Kier molecular flexibility index (Phi) is 11.7. The van der Waals surface area contributed by atoms with E-state index in [1.54, 1.807) is 36.1 Å². The number of rotatable bonds is 10. The number of nitrogens with one attached hydrogen (secondary N) is 2. The summed E-state index contributed by atoms with van der Waals surface area (Å²) >= 11 is 0. The van der Waals surface area contributed by atoms with Gasteiger partial charge in [0.25, 0.3) is 5.91 Å². The maximum atomic E-state index is 13.1. The van der Waals surface area contributed by atoms with E-state index in [9.17, 15) is 19.2 Å². The summed E-state index contributed by atoms with van der Waals surface area (Å²) in [5.41, 5.74) is 3.74. The highest BCUT2D eigenvalue weighted by Crippen LogP contribution is 2.25. The monoisotopic (exact) mass is 615 g/mol. The predicted octanol–water partition coefficient (Wildman–Crippen LogP) is 5.91. The first-order chi connectivity index (χ1) is 21.7. The van der Waals surface area contributed by atoms with E-state index in [1.807, 2.05) is 54.6 Å². The Labute approximate surface area is 261 Å². The molecule has 11 nitrogen and oxygen atoms in total. The van der Waals surface area contributed by atoms with Crippen LogP contribution in [0.4, 0.5) is 9.59 Å². The molecule has 1 aliphatic rings. The van der Waals surface area contributed by atoms with E-state index in [0.29, 0.717) is 37.1 Å². The van der Waals surface area contributed by atoms with Gasteiger partial charge in [0.15, 0.2) is 0 Å². The molecule has 2 N–H and O–H groups in total. The summed E-state index contributed by atoms with van der Waals surface area (Å²) in [6.45, 7) is 4.43. The molecule has 1 unspecified atom stereocenters. The molecule has 45 heavy (non-hydrogen) atoms. The number of piperidine rings is 1. The molecule has 3 aromatic carbocycles. The number of hydrogen-bond acceptors (Lipinski definition) is 9. The molecule has 0 spiro atoms. The molecule has 1 fully saturated rings. The van der Waals surface area contributed by atoms with Gasteiger partial charge in [-0.1, -0.05) is 66.7 Å². The molecule has 1 aliphatic heterocycles. The SMILES string of the molecule is CCOC(=O)OC(C)OC(=O)CC1CCN(C(=O)c2ccc(-c3ccc(C(=N)NC(=O)OCc4ccccc4)cc3)cc2)CC1. The number of likely N-dealkylation sites (tertiary alicyclic amines) is 1. The van der Waals surface area contributed by atoms with Crippen molar-refractivity contribution in [3.63, 3.8) is 0 Å². The number of carbonyl (C=O) groups excluding carboxylic acids is 4. The standard InChI is InChI=1S/C34H37N3O8/c1-3-42-34(41)45-23(2)44-30(38)21-24-17-19-37(20-18-24)32(39)29-15-11-27(12-16-29)26-9-13-28(14-10-26)31(35)36-33(40)43-22-25-7-5-4-6-8-25/h4-16,23-24H,3,17-22H2,1-2H3,(H2,35,36,40). The number of esters is 1. The molecule has 0 aromatic heterocycles. The largest absolute Gasteiger partial charge is 0.511 e. The summed E-state index contributed by atoms with van der Waals surface area (Å²) in [7, 11) is 0. The fraction of sp³-hybridized carbons (Fsp3) is 0.324. The summed E-state index contributed by atoms with van der Waals surface area (Å²) in [5, 5.41) is 10.6. The Balaban J connectivity index is 1.21. The number of ether oxygens (including phenoxy) is 4.